The number of aromatic nitrogens is 2. The summed E-state index contributed by atoms with van der Waals surface area (Å²) in [5.41, 5.74) is 11.2. The summed E-state index contributed by atoms with van der Waals surface area (Å²) in [7, 11) is 0. The molecule has 3 aromatic carbocycles. The van der Waals surface area contributed by atoms with Gasteiger partial charge in [0.25, 0.3) is 0 Å². The Morgan fingerprint density at radius 3 is 2.26 bits per heavy atom. The van der Waals surface area contributed by atoms with Crippen LogP contribution in [0.4, 0.5) is 5.82 Å². The molecule has 1 atom stereocenters. The fourth-order valence-electron chi connectivity index (χ4n) is 4.88. The first-order valence-corrected chi connectivity index (χ1v) is 14.7. The summed E-state index contributed by atoms with van der Waals surface area (Å²) in [5, 5.41) is 5.27. The molecule has 1 aliphatic heterocycles. The predicted octanol–water partition coefficient (Wildman–Crippen LogP) is 4.66. The maximum absolute atomic E-state index is 13.6. The Kier molecular flexibility index (Phi) is 10.3. The van der Waals surface area contributed by atoms with E-state index < -0.39 is 17.5 Å². The molecule has 0 spiro atoms. The van der Waals surface area contributed by atoms with Gasteiger partial charge in [-0.1, -0.05) is 79.7 Å². The topological polar surface area (TPSA) is 136 Å². The molecule has 5 rings (SSSR count). The Hall–Kier alpha value is -4.50. The molecule has 43 heavy (non-hydrogen) atoms. The Bertz CT molecular complexity index is 1530. The Labute approximate surface area is 253 Å². The summed E-state index contributed by atoms with van der Waals surface area (Å²) in [6.07, 6.45) is 6.45. The van der Waals surface area contributed by atoms with Crippen molar-refractivity contribution in [2.45, 2.75) is 58.0 Å². The monoisotopic (exact) mass is 582 g/mol. The van der Waals surface area contributed by atoms with Crippen molar-refractivity contribution in [2.24, 2.45) is 17.4 Å². The van der Waals surface area contributed by atoms with Gasteiger partial charge in [-0.25, -0.2) is 4.98 Å². The van der Waals surface area contributed by atoms with E-state index in [0.29, 0.717) is 24.6 Å². The van der Waals surface area contributed by atoms with Gasteiger partial charge in [-0.2, -0.15) is 0 Å². The number of hydrogen-bond donors (Lipinski definition) is 3. The van der Waals surface area contributed by atoms with Crippen molar-refractivity contribution in [2.75, 3.05) is 18.4 Å². The molecule has 5 N–H and O–H groups in total. The highest BCUT2D eigenvalue weighted by Crippen LogP contribution is 2.26. The second kappa shape index (κ2) is 14.1. The molecule has 1 unspecified atom stereocenters. The van der Waals surface area contributed by atoms with E-state index in [0.717, 1.165) is 37.1 Å². The van der Waals surface area contributed by atoms with Gasteiger partial charge in [0.2, 0.25) is 17.7 Å². The third kappa shape index (κ3) is 8.75. The molecular weight excluding hydrogens is 540 g/mol. The first kappa shape index (κ1) is 31.4. The number of anilines is 1. The Balaban J connectivity index is 0.000000541. The van der Waals surface area contributed by atoms with Gasteiger partial charge in [-0.15, -0.1) is 0 Å². The zero-order chi connectivity index (χ0) is 31.0. The first-order chi connectivity index (χ1) is 20.5. The van der Waals surface area contributed by atoms with Crippen molar-refractivity contribution >= 4 is 34.3 Å². The Morgan fingerprint density at radius 2 is 1.60 bits per heavy atom. The summed E-state index contributed by atoms with van der Waals surface area (Å²) in [5.74, 6) is 0.599. The average Bonchev–Trinajstić information content (AvgIpc) is 3.44. The highest BCUT2D eigenvalue weighted by molar-refractivity contribution is 5.90. The Morgan fingerprint density at radius 1 is 0.977 bits per heavy atom. The lowest BCUT2D eigenvalue weighted by Gasteiger charge is -2.33. The standard InChI is InChI=1S/C30H32N4O2.C4H10N2O/c1-22-15-17-33(18-16-22)30(36)29(25-8-3-2-4-9-25)34-20-27(31-21-34)32-28(35)14-12-23-11-13-24-7-5-6-10-26(24)19-23;1-4(2,6)3(5)7/h2-11,13,19-22,29H,12,14-18H2,1H3,(H,32,35);6H2,1-2H3,(H2,5,7). The molecule has 1 saturated heterocycles. The number of piperidine rings is 1. The molecule has 0 radical (unpaired) electrons. The van der Waals surface area contributed by atoms with Gasteiger partial charge in [0.15, 0.2) is 5.82 Å². The van der Waals surface area contributed by atoms with Crippen molar-refractivity contribution < 1.29 is 14.4 Å². The van der Waals surface area contributed by atoms with Gasteiger partial charge in [-0.3, -0.25) is 14.4 Å². The molecule has 0 saturated carbocycles. The maximum atomic E-state index is 13.6. The molecular formula is C34H42N6O3. The maximum Gasteiger partial charge on any atom is 0.250 e. The van der Waals surface area contributed by atoms with Gasteiger partial charge in [0.05, 0.1) is 11.9 Å². The van der Waals surface area contributed by atoms with Crippen LogP contribution in [0.3, 0.4) is 0 Å². The zero-order valence-electron chi connectivity index (χ0n) is 25.2. The number of rotatable bonds is 8. The number of likely N-dealkylation sites (tertiary alicyclic amines) is 1. The van der Waals surface area contributed by atoms with Crippen molar-refractivity contribution in [3.05, 3.63) is 96.4 Å². The van der Waals surface area contributed by atoms with Crippen LogP contribution in [0.5, 0.6) is 0 Å². The molecule has 3 amide bonds. The number of carbonyl (C=O) groups is 3. The fraction of sp³-hybridized carbons (Fsp3) is 0.353. The largest absolute Gasteiger partial charge is 0.368 e. The summed E-state index contributed by atoms with van der Waals surface area (Å²) in [6.45, 7) is 6.92. The van der Waals surface area contributed by atoms with E-state index in [1.54, 1.807) is 26.4 Å². The SMILES string of the molecule is CC(C)(N)C(N)=O.CC1CCN(C(=O)C(c2ccccc2)n2cnc(NC(=O)CCc3ccc4ccccc4c3)c2)CC1. The van der Waals surface area contributed by atoms with Crippen LogP contribution in [-0.2, 0) is 20.8 Å². The van der Waals surface area contributed by atoms with Crippen LogP contribution in [-0.4, -0.2) is 50.8 Å². The van der Waals surface area contributed by atoms with Crippen LogP contribution in [0, 0.1) is 5.92 Å². The molecule has 226 valence electrons. The number of nitrogens with one attached hydrogen (secondary N) is 1. The third-order valence-electron chi connectivity index (χ3n) is 7.70. The minimum absolute atomic E-state index is 0.0691. The smallest absolute Gasteiger partial charge is 0.250 e. The van der Waals surface area contributed by atoms with E-state index in [-0.39, 0.29) is 11.8 Å². The summed E-state index contributed by atoms with van der Waals surface area (Å²) in [6, 6.07) is 23.8. The number of nitrogens with two attached hydrogens (primary N) is 2. The van der Waals surface area contributed by atoms with Crippen molar-refractivity contribution in [1.29, 1.82) is 0 Å². The van der Waals surface area contributed by atoms with Crippen LogP contribution in [0.1, 0.15) is 57.2 Å². The fourth-order valence-corrected chi connectivity index (χ4v) is 4.88. The van der Waals surface area contributed by atoms with E-state index in [1.165, 1.54) is 10.8 Å². The highest BCUT2D eigenvalue weighted by atomic mass is 16.2. The lowest BCUT2D eigenvalue weighted by molar-refractivity contribution is -0.135. The van der Waals surface area contributed by atoms with E-state index >= 15 is 0 Å². The highest BCUT2D eigenvalue weighted by Gasteiger charge is 2.30. The van der Waals surface area contributed by atoms with Crippen LogP contribution in [0.2, 0.25) is 0 Å². The number of carbonyl (C=O) groups excluding carboxylic acids is 3. The molecule has 4 aromatic rings. The van der Waals surface area contributed by atoms with Gasteiger partial charge < -0.3 is 26.3 Å². The zero-order valence-corrected chi connectivity index (χ0v) is 25.2. The number of primary amides is 1. The van der Waals surface area contributed by atoms with E-state index in [2.05, 4.69) is 47.6 Å². The van der Waals surface area contributed by atoms with Crippen LogP contribution < -0.4 is 16.8 Å². The second-order valence-electron chi connectivity index (χ2n) is 11.8. The van der Waals surface area contributed by atoms with E-state index in [4.69, 9.17) is 11.5 Å². The molecule has 1 aliphatic rings. The average molecular weight is 583 g/mol. The first-order valence-electron chi connectivity index (χ1n) is 14.7. The quantitative estimate of drug-likeness (QED) is 0.278. The van der Waals surface area contributed by atoms with Crippen molar-refractivity contribution in [3.8, 4) is 0 Å². The number of hydrogen-bond acceptors (Lipinski definition) is 5. The molecule has 9 nitrogen and oxygen atoms in total. The number of imidazole rings is 1. The lowest BCUT2D eigenvalue weighted by atomic mass is 9.97. The van der Waals surface area contributed by atoms with Crippen LogP contribution in [0.25, 0.3) is 10.8 Å². The molecule has 1 aromatic heterocycles. The molecule has 1 fully saturated rings. The number of nitrogens with zero attached hydrogens (tertiary/aromatic N) is 3. The normalized spacial score (nSPS) is 14.5. The van der Waals surface area contributed by atoms with Crippen molar-refractivity contribution in [1.82, 2.24) is 14.5 Å². The van der Waals surface area contributed by atoms with Gasteiger partial charge in [0, 0.05) is 25.7 Å². The second-order valence-corrected chi connectivity index (χ2v) is 11.8. The predicted molar refractivity (Wildman–Crippen MR) is 170 cm³/mol. The van der Waals surface area contributed by atoms with Gasteiger partial charge >= 0.3 is 0 Å². The molecule has 9 heteroatoms. The minimum Gasteiger partial charge on any atom is -0.368 e. The lowest BCUT2D eigenvalue weighted by Crippen LogP contribution is -2.46. The third-order valence-corrected chi connectivity index (χ3v) is 7.70. The minimum atomic E-state index is -0.861. The van der Waals surface area contributed by atoms with Gasteiger partial charge in [0.1, 0.15) is 6.04 Å². The number of aryl methyl sites for hydroxylation is 1. The van der Waals surface area contributed by atoms with E-state index in [9.17, 15) is 14.4 Å². The molecule has 2 heterocycles. The molecule has 0 bridgehead atoms. The summed E-state index contributed by atoms with van der Waals surface area (Å²) < 4.78 is 1.81. The number of fused-ring (bicyclic) bond motifs is 1. The molecule has 0 aliphatic carbocycles. The van der Waals surface area contributed by atoms with Crippen LogP contribution >= 0.6 is 0 Å². The van der Waals surface area contributed by atoms with Crippen molar-refractivity contribution in [3.63, 3.8) is 0 Å². The number of benzene rings is 3. The van der Waals surface area contributed by atoms with Crippen LogP contribution in [0.15, 0.2) is 85.3 Å². The summed E-state index contributed by atoms with van der Waals surface area (Å²) in [4.78, 5) is 42.7. The van der Waals surface area contributed by atoms with E-state index in [1.807, 2.05) is 51.9 Å². The number of amides is 3. The van der Waals surface area contributed by atoms with Gasteiger partial charge in [-0.05, 0) is 60.9 Å². The summed E-state index contributed by atoms with van der Waals surface area (Å²) >= 11 is 0.